The van der Waals surface area contributed by atoms with Gasteiger partial charge in [-0.3, -0.25) is 0 Å². The van der Waals surface area contributed by atoms with E-state index in [0.717, 1.165) is 30.8 Å². The van der Waals surface area contributed by atoms with Crippen LogP contribution in [0.25, 0.3) is 6.08 Å². The third-order valence-corrected chi connectivity index (χ3v) is 5.12. The van der Waals surface area contributed by atoms with Crippen LogP contribution < -0.4 is 0 Å². The number of nitrogens with zero attached hydrogens (tertiary/aromatic N) is 2. The second-order valence-electron chi connectivity index (χ2n) is 6.31. The summed E-state index contributed by atoms with van der Waals surface area (Å²) in [6.45, 7) is 5.88. The number of carbonyl (C=O) groups is 2. The highest BCUT2D eigenvalue weighted by molar-refractivity contribution is 6.34. The smallest absolute Gasteiger partial charge is 0.356 e. The molecule has 2 aromatic rings. The lowest BCUT2D eigenvalue weighted by Gasteiger charge is -2.05. The molecule has 2 aliphatic rings. The SMILES string of the molecule is C.CCOC(=O)c1c(Cl)cc2n1CC=C2.CCOC(=O)c1c(Cl)cc2n1CCC2. The minimum absolute atomic E-state index is 0. The largest absolute Gasteiger partial charge is 0.461 e. The van der Waals surface area contributed by atoms with E-state index in [1.165, 1.54) is 0 Å². The lowest BCUT2D eigenvalue weighted by molar-refractivity contribution is 0.0505. The lowest BCUT2D eigenvalue weighted by Crippen LogP contribution is -2.11. The molecule has 0 atom stereocenters. The summed E-state index contributed by atoms with van der Waals surface area (Å²) in [5, 5.41) is 0.973. The van der Waals surface area contributed by atoms with Crippen LogP contribution in [0, 0.1) is 0 Å². The van der Waals surface area contributed by atoms with Gasteiger partial charge in [-0.1, -0.05) is 36.7 Å². The number of aromatic nitrogens is 2. The number of carbonyl (C=O) groups excluding carboxylic acids is 2. The molecule has 0 N–H and O–H groups in total. The average molecular weight is 441 g/mol. The van der Waals surface area contributed by atoms with E-state index in [2.05, 4.69) is 0 Å². The van der Waals surface area contributed by atoms with Gasteiger partial charge in [-0.15, -0.1) is 0 Å². The fourth-order valence-corrected chi connectivity index (χ4v) is 4.00. The molecule has 0 fully saturated rings. The Morgan fingerprint density at radius 3 is 2.21 bits per heavy atom. The van der Waals surface area contributed by atoms with Gasteiger partial charge < -0.3 is 18.6 Å². The van der Waals surface area contributed by atoms with Crippen molar-refractivity contribution in [1.82, 2.24) is 9.13 Å². The van der Waals surface area contributed by atoms with Crippen LogP contribution in [0.2, 0.25) is 10.0 Å². The minimum Gasteiger partial charge on any atom is -0.461 e. The number of allylic oxidation sites excluding steroid dienone is 1. The van der Waals surface area contributed by atoms with Crippen molar-refractivity contribution in [2.75, 3.05) is 13.2 Å². The van der Waals surface area contributed by atoms with E-state index in [1.54, 1.807) is 19.9 Å². The van der Waals surface area contributed by atoms with Crippen LogP contribution in [-0.4, -0.2) is 34.3 Å². The minimum atomic E-state index is -0.354. The number of fused-ring (bicyclic) bond motifs is 2. The highest BCUT2D eigenvalue weighted by Gasteiger charge is 2.24. The molecule has 0 bridgehead atoms. The number of ether oxygens (including phenoxy) is 2. The Bertz CT molecular complexity index is 908. The van der Waals surface area contributed by atoms with E-state index in [-0.39, 0.29) is 19.4 Å². The first-order chi connectivity index (χ1) is 13.5. The molecule has 0 unspecified atom stereocenters. The highest BCUT2D eigenvalue weighted by atomic mass is 35.5. The molecular weight excluding hydrogens is 415 g/mol. The van der Waals surface area contributed by atoms with Crippen molar-refractivity contribution >= 4 is 41.2 Å². The van der Waals surface area contributed by atoms with E-state index >= 15 is 0 Å². The van der Waals surface area contributed by atoms with Crippen LogP contribution in [0.4, 0.5) is 0 Å². The fraction of sp³-hybridized carbons (Fsp3) is 0.429. The molecule has 0 spiro atoms. The zero-order chi connectivity index (χ0) is 20.3. The van der Waals surface area contributed by atoms with Gasteiger partial charge in [0.25, 0.3) is 0 Å². The first-order valence-corrected chi connectivity index (χ1v) is 10.0. The zero-order valence-corrected chi connectivity index (χ0v) is 17.3. The number of halogens is 2. The van der Waals surface area contributed by atoms with Gasteiger partial charge in [-0.25, -0.2) is 9.59 Å². The van der Waals surface area contributed by atoms with Crippen molar-refractivity contribution in [3.63, 3.8) is 0 Å². The zero-order valence-electron chi connectivity index (χ0n) is 15.8. The molecule has 158 valence electrons. The monoisotopic (exact) mass is 440 g/mol. The van der Waals surface area contributed by atoms with Crippen LogP contribution in [0.3, 0.4) is 0 Å². The Morgan fingerprint density at radius 1 is 1.00 bits per heavy atom. The van der Waals surface area contributed by atoms with Gasteiger partial charge in [0.2, 0.25) is 0 Å². The summed E-state index contributed by atoms with van der Waals surface area (Å²) in [5.41, 5.74) is 3.06. The van der Waals surface area contributed by atoms with Crippen molar-refractivity contribution < 1.29 is 19.1 Å². The van der Waals surface area contributed by atoms with Crippen molar-refractivity contribution in [1.29, 1.82) is 0 Å². The van der Waals surface area contributed by atoms with Gasteiger partial charge in [0.15, 0.2) is 0 Å². The second-order valence-corrected chi connectivity index (χ2v) is 7.12. The van der Waals surface area contributed by atoms with E-state index in [0.29, 0.717) is 41.2 Å². The van der Waals surface area contributed by atoms with Gasteiger partial charge in [0.1, 0.15) is 11.4 Å². The fourth-order valence-electron chi connectivity index (χ4n) is 3.41. The molecule has 6 nitrogen and oxygen atoms in total. The molecule has 8 heteroatoms. The maximum absolute atomic E-state index is 11.6. The number of aryl methyl sites for hydroxylation is 1. The van der Waals surface area contributed by atoms with Gasteiger partial charge in [0, 0.05) is 24.5 Å². The summed E-state index contributed by atoms with van der Waals surface area (Å²) in [5.74, 6) is -0.668. The predicted molar refractivity (Wildman–Crippen MR) is 115 cm³/mol. The van der Waals surface area contributed by atoms with Crippen LogP contribution in [0.1, 0.15) is 60.1 Å². The Labute approximate surface area is 181 Å². The Kier molecular flexibility index (Phi) is 7.99. The molecule has 0 saturated carbocycles. The van der Waals surface area contributed by atoms with Crippen LogP contribution in [-0.2, 0) is 29.0 Å². The first-order valence-electron chi connectivity index (χ1n) is 9.25. The number of hydrogen-bond acceptors (Lipinski definition) is 4. The van der Waals surface area contributed by atoms with Crippen LogP contribution >= 0.6 is 23.2 Å². The number of rotatable bonds is 4. The topological polar surface area (TPSA) is 62.5 Å². The van der Waals surface area contributed by atoms with Crippen LogP contribution in [0.5, 0.6) is 0 Å². The first kappa shape index (κ1) is 23.1. The molecule has 0 aliphatic carbocycles. The van der Waals surface area contributed by atoms with Crippen molar-refractivity contribution in [2.45, 2.75) is 47.2 Å². The van der Waals surface area contributed by atoms with Gasteiger partial charge in [0.05, 0.1) is 23.3 Å². The molecule has 2 aromatic heterocycles. The predicted octanol–water partition coefficient (Wildman–Crippen LogP) is 5.25. The highest BCUT2D eigenvalue weighted by Crippen LogP contribution is 2.28. The Morgan fingerprint density at radius 2 is 1.59 bits per heavy atom. The molecule has 4 rings (SSSR count). The second kappa shape index (κ2) is 10.0. The quantitative estimate of drug-likeness (QED) is 0.609. The Hall–Kier alpha value is -2.18. The van der Waals surface area contributed by atoms with Gasteiger partial charge >= 0.3 is 11.9 Å². The molecule has 4 heterocycles. The van der Waals surface area contributed by atoms with Crippen molar-refractivity contribution in [3.05, 3.63) is 51.0 Å². The summed E-state index contributed by atoms with van der Waals surface area (Å²) in [7, 11) is 0. The van der Waals surface area contributed by atoms with Crippen molar-refractivity contribution in [2.24, 2.45) is 0 Å². The van der Waals surface area contributed by atoms with E-state index in [9.17, 15) is 9.59 Å². The molecule has 0 aromatic carbocycles. The lowest BCUT2D eigenvalue weighted by atomic mass is 10.3. The van der Waals surface area contributed by atoms with Crippen molar-refractivity contribution in [3.8, 4) is 0 Å². The van der Waals surface area contributed by atoms with Crippen LogP contribution in [0.15, 0.2) is 18.2 Å². The summed E-state index contributed by atoms with van der Waals surface area (Å²) in [6, 6.07) is 3.64. The molecule has 0 radical (unpaired) electrons. The standard InChI is InChI=1S/C10H12ClNO2.C10H10ClNO2.CH4/c2*1-2-14-10(13)9-8(11)6-7-4-3-5-12(7)9;/h6H,2-5H2,1H3;3-4,6H,2,5H2,1H3;1H4. The van der Waals surface area contributed by atoms with Gasteiger partial charge in [-0.2, -0.15) is 0 Å². The maximum Gasteiger partial charge on any atom is 0.356 e. The summed E-state index contributed by atoms with van der Waals surface area (Å²) < 4.78 is 13.7. The molecular formula is C21H26Cl2N2O4. The molecule has 0 saturated heterocycles. The van der Waals surface area contributed by atoms with E-state index in [4.69, 9.17) is 32.7 Å². The molecule has 29 heavy (non-hydrogen) atoms. The molecule has 0 amide bonds. The number of hydrogen-bond donors (Lipinski definition) is 0. The average Bonchev–Trinajstić information content (AvgIpc) is 3.36. The summed E-state index contributed by atoms with van der Waals surface area (Å²) >= 11 is 11.9. The van der Waals surface area contributed by atoms with E-state index in [1.807, 2.05) is 27.4 Å². The number of esters is 2. The summed E-state index contributed by atoms with van der Waals surface area (Å²) in [6.07, 6.45) is 6.00. The molecule has 2 aliphatic heterocycles. The summed E-state index contributed by atoms with van der Waals surface area (Å²) in [4.78, 5) is 23.1. The van der Waals surface area contributed by atoms with Gasteiger partial charge in [-0.05, 0) is 44.9 Å². The third-order valence-electron chi connectivity index (χ3n) is 4.55. The third kappa shape index (κ3) is 4.70. The normalized spacial score (nSPS) is 13.1. The van der Waals surface area contributed by atoms with E-state index < -0.39 is 0 Å². The maximum atomic E-state index is 11.6. The Balaban J connectivity index is 0.000000200.